The lowest BCUT2D eigenvalue weighted by Crippen LogP contribution is -2.16. The van der Waals surface area contributed by atoms with Crippen LogP contribution in [0.3, 0.4) is 0 Å². The second-order valence-electron chi connectivity index (χ2n) is 7.47. The number of nitrogens with zero attached hydrogens (tertiary/aromatic N) is 2. The number of ether oxygens (including phenoxy) is 1. The van der Waals surface area contributed by atoms with Gasteiger partial charge in [0.2, 0.25) is 0 Å². The molecular formula is C23H24N2O3S. The fraction of sp³-hybridized carbons (Fsp3) is 0.348. The Labute approximate surface area is 174 Å². The topological polar surface area (TPSA) is 61.2 Å². The molecule has 0 radical (unpaired) electrons. The summed E-state index contributed by atoms with van der Waals surface area (Å²) in [5, 5.41) is 0.514. The van der Waals surface area contributed by atoms with Crippen LogP contribution >= 0.6 is 11.3 Å². The van der Waals surface area contributed by atoms with E-state index in [-0.39, 0.29) is 11.3 Å². The average molecular weight is 409 g/mol. The minimum absolute atomic E-state index is 0.0585. The summed E-state index contributed by atoms with van der Waals surface area (Å²) in [5.74, 6) is 1.44. The Hall–Kier alpha value is -2.73. The molecular weight excluding hydrogens is 384 g/mol. The van der Waals surface area contributed by atoms with Gasteiger partial charge in [-0.3, -0.25) is 14.2 Å². The lowest BCUT2D eigenvalue weighted by Gasteiger charge is -2.06. The summed E-state index contributed by atoms with van der Waals surface area (Å²) in [7, 11) is 0. The SMILES string of the molecule is Cc1nc(-n2ccc(OCCC3CC3)cc2=O)sc1C(=O)CCc1ccccc1. The van der Waals surface area contributed by atoms with Crippen LogP contribution < -0.4 is 10.3 Å². The molecule has 0 bridgehead atoms. The Bertz CT molecular complexity index is 1050. The van der Waals surface area contributed by atoms with Gasteiger partial charge in [0.05, 0.1) is 17.2 Å². The first-order valence-electron chi connectivity index (χ1n) is 10.0. The van der Waals surface area contributed by atoms with E-state index in [4.69, 9.17) is 4.74 Å². The highest BCUT2D eigenvalue weighted by molar-refractivity contribution is 7.16. The molecule has 4 rings (SSSR count). The van der Waals surface area contributed by atoms with E-state index in [1.54, 1.807) is 12.3 Å². The minimum Gasteiger partial charge on any atom is -0.493 e. The monoisotopic (exact) mass is 408 g/mol. The van der Waals surface area contributed by atoms with Gasteiger partial charge in [-0.25, -0.2) is 4.98 Å². The maximum Gasteiger partial charge on any atom is 0.260 e. The fourth-order valence-corrected chi connectivity index (χ4v) is 4.24. The molecule has 0 N–H and O–H groups in total. The average Bonchev–Trinajstić information content (AvgIpc) is 3.47. The van der Waals surface area contributed by atoms with Crippen molar-refractivity contribution in [2.75, 3.05) is 6.61 Å². The van der Waals surface area contributed by atoms with E-state index in [0.29, 0.717) is 40.9 Å². The number of carbonyl (C=O) groups is 1. The van der Waals surface area contributed by atoms with Gasteiger partial charge >= 0.3 is 0 Å². The van der Waals surface area contributed by atoms with Crippen LogP contribution in [0, 0.1) is 12.8 Å². The summed E-state index contributed by atoms with van der Waals surface area (Å²) in [5.41, 5.74) is 1.60. The third kappa shape index (κ3) is 5.01. The summed E-state index contributed by atoms with van der Waals surface area (Å²) < 4.78 is 7.16. The van der Waals surface area contributed by atoms with Crippen LogP contribution in [-0.2, 0) is 6.42 Å². The van der Waals surface area contributed by atoms with E-state index in [9.17, 15) is 9.59 Å². The first-order chi connectivity index (χ1) is 14.1. The van der Waals surface area contributed by atoms with Gasteiger partial charge in [-0.1, -0.05) is 54.5 Å². The first kappa shape index (κ1) is 19.6. The van der Waals surface area contributed by atoms with Crippen LogP contribution in [-0.4, -0.2) is 21.9 Å². The lowest BCUT2D eigenvalue weighted by molar-refractivity contribution is 0.0986. The van der Waals surface area contributed by atoms with Crippen LogP contribution in [0.1, 0.15) is 46.6 Å². The van der Waals surface area contributed by atoms with Gasteiger partial charge in [-0.2, -0.15) is 0 Å². The molecule has 0 atom stereocenters. The van der Waals surface area contributed by atoms with E-state index >= 15 is 0 Å². The Balaban J connectivity index is 1.43. The zero-order chi connectivity index (χ0) is 20.2. The standard InChI is InChI=1S/C23H24N2O3S/c1-16-22(20(26)10-9-17-5-3-2-4-6-17)29-23(24-16)25-13-11-19(15-21(25)27)28-14-12-18-7-8-18/h2-6,11,13,15,18H,7-10,12,14H2,1H3. The first-order valence-corrected chi connectivity index (χ1v) is 10.8. The van der Waals surface area contributed by atoms with Gasteiger partial charge in [0.1, 0.15) is 5.75 Å². The zero-order valence-corrected chi connectivity index (χ0v) is 17.3. The molecule has 5 nitrogen and oxygen atoms in total. The van der Waals surface area contributed by atoms with Crippen LogP contribution in [0.2, 0.25) is 0 Å². The number of hydrogen-bond donors (Lipinski definition) is 0. The van der Waals surface area contributed by atoms with Crippen molar-refractivity contribution in [3.05, 3.63) is 75.1 Å². The summed E-state index contributed by atoms with van der Waals surface area (Å²) >= 11 is 1.27. The van der Waals surface area contributed by atoms with E-state index in [2.05, 4.69) is 4.98 Å². The van der Waals surface area contributed by atoms with Crippen molar-refractivity contribution < 1.29 is 9.53 Å². The number of Topliss-reactive ketones (excluding diaryl/α,β-unsaturated/α-hetero) is 1. The summed E-state index contributed by atoms with van der Waals surface area (Å²) in [6.45, 7) is 2.46. The van der Waals surface area contributed by atoms with Crippen molar-refractivity contribution in [3.63, 3.8) is 0 Å². The van der Waals surface area contributed by atoms with Crippen molar-refractivity contribution >= 4 is 17.1 Å². The van der Waals surface area contributed by atoms with Gasteiger partial charge in [0.25, 0.3) is 5.56 Å². The largest absolute Gasteiger partial charge is 0.493 e. The van der Waals surface area contributed by atoms with Crippen LogP contribution in [0.5, 0.6) is 5.75 Å². The van der Waals surface area contributed by atoms with Gasteiger partial charge in [0, 0.05) is 18.7 Å². The molecule has 1 aromatic carbocycles. The fourth-order valence-electron chi connectivity index (χ4n) is 3.22. The third-order valence-electron chi connectivity index (χ3n) is 5.11. The van der Waals surface area contributed by atoms with Crippen molar-refractivity contribution in [1.82, 2.24) is 9.55 Å². The maximum absolute atomic E-state index is 12.7. The van der Waals surface area contributed by atoms with Gasteiger partial charge < -0.3 is 4.74 Å². The number of aryl methyl sites for hydroxylation is 2. The highest BCUT2D eigenvalue weighted by Gasteiger charge is 2.21. The molecule has 0 amide bonds. The van der Waals surface area contributed by atoms with E-state index in [1.807, 2.05) is 37.3 Å². The molecule has 0 saturated heterocycles. The number of ketones is 1. The number of thiazole rings is 1. The number of benzene rings is 1. The Morgan fingerprint density at radius 3 is 2.76 bits per heavy atom. The second-order valence-corrected chi connectivity index (χ2v) is 8.45. The van der Waals surface area contributed by atoms with Crippen LogP contribution in [0.25, 0.3) is 5.13 Å². The predicted molar refractivity (Wildman–Crippen MR) is 114 cm³/mol. The highest BCUT2D eigenvalue weighted by atomic mass is 32.1. The second kappa shape index (κ2) is 8.74. The Morgan fingerprint density at radius 1 is 1.24 bits per heavy atom. The van der Waals surface area contributed by atoms with Crippen molar-refractivity contribution in [3.8, 4) is 10.9 Å². The molecule has 6 heteroatoms. The molecule has 1 aliphatic rings. The van der Waals surface area contributed by atoms with Crippen LogP contribution in [0.4, 0.5) is 0 Å². The van der Waals surface area contributed by atoms with Crippen molar-refractivity contribution in [2.24, 2.45) is 5.92 Å². The molecule has 2 aromatic heterocycles. The van der Waals surface area contributed by atoms with Crippen molar-refractivity contribution in [1.29, 1.82) is 0 Å². The summed E-state index contributed by atoms with van der Waals surface area (Å²) in [6.07, 6.45) is 6.42. The molecule has 0 unspecified atom stereocenters. The Kier molecular flexibility index (Phi) is 5.90. The molecule has 1 aliphatic carbocycles. The number of pyridine rings is 1. The summed E-state index contributed by atoms with van der Waals surface area (Å²) in [6, 6.07) is 13.2. The molecule has 0 aliphatic heterocycles. The summed E-state index contributed by atoms with van der Waals surface area (Å²) in [4.78, 5) is 30.3. The predicted octanol–water partition coefficient (Wildman–Crippen LogP) is 4.60. The molecule has 0 spiro atoms. The molecule has 1 fully saturated rings. The molecule has 1 saturated carbocycles. The molecule has 2 heterocycles. The van der Waals surface area contributed by atoms with Crippen LogP contribution in [0.15, 0.2) is 53.5 Å². The smallest absolute Gasteiger partial charge is 0.260 e. The van der Waals surface area contributed by atoms with E-state index < -0.39 is 0 Å². The number of hydrogen-bond acceptors (Lipinski definition) is 5. The van der Waals surface area contributed by atoms with E-state index in [1.165, 1.54) is 34.8 Å². The third-order valence-corrected chi connectivity index (χ3v) is 6.31. The van der Waals surface area contributed by atoms with Gasteiger partial charge in [-0.15, -0.1) is 0 Å². The normalized spacial score (nSPS) is 13.4. The number of rotatable bonds is 9. The molecule has 29 heavy (non-hydrogen) atoms. The molecule has 150 valence electrons. The minimum atomic E-state index is -0.203. The van der Waals surface area contributed by atoms with E-state index in [0.717, 1.165) is 17.9 Å². The molecule has 3 aromatic rings. The Morgan fingerprint density at radius 2 is 2.03 bits per heavy atom. The van der Waals surface area contributed by atoms with Gasteiger partial charge in [-0.05, 0) is 37.3 Å². The van der Waals surface area contributed by atoms with Crippen molar-refractivity contribution in [2.45, 2.75) is 39.0 Å². The van der Waals surface area contributed by atoms with Gasteiger partial charge in [0.15, 0.2) is 10.9 Å². The quantitative estimate of drug-likeness (QED) is 0.486. The zero-order valence-electron chi connectivity index (χ0n) is 16.5. The maximum atomic E-state index is 12.7. The number of aromatic nitrogens is 2. The number of carbonyl (C=O) groups excluding carboxylic acids is 1. The highest BCUT2D eigenvalue weighted by Crippen LogP contribution is 2.32. The lowest BCUT2D eigenvalue weighted by atomic mass is 10.1.